The summed E-state index contributed by atoms with van der Waals surface area (Å²) < 4.78 is 19.2. The number of nitrogens with zero attached hydrogens (tertiary/aromatic N) is 5. The normalized spacial score (nSPS) is 10.2. The monoisotopic (exact) mass is 382 g/mol. The maximum absolute atomic E-state index is 12.8. The highest BCUT2D eigenvalue weighted by Gasteiger charge is 2.13. The molecule has 4 aromatic rings. The van der Waals surface area contributed by atoms with Crippen LogP contribution in [0.5, 0.6) is 5.75 Å². The molecule has 0 aliphatic rings. The molecule has 2 N–H and O–H groups in total. The number of pyridine rings is 1. The number of anilines is 1. The third kappa shape index (κ3) is 4.01. The van der Waals surface area contributed by atoms with Gasteiger partial charge in [0.25, 0.3) is 0 Å². The van der Waals surface area contributed by atoms with Gasteiger partial charge in [-0.3, -0.25) is 10.1 Å². The van der Waals surface area contributed by atoms with E-state index in [0.29, 0.717) is 0 Å². The number of aromatic nitrogens is 4. The molecule has 0 aliphatic carbocycles. The Hall–Kier alpha value is -4.08. The molecule has 0 bridgehead atoms. The molecule has 0 spiro atoms. The van der Waals surface area contributed by atoms with E-state index >= 15 is 0 Å². The number of methoxy groups -OCH3 is 1. The first kappa shape index (κ1) is 18.7. The van der Waals surface area contributed by atoms with E-state index in [1.165, 1.54) is 13.2 Å². The third-order valence-corrected chi connectivity index (χ3v) is 3.73. The number of benzene rings is 1. The average molecular weight is 382 g/mol. The van der Waals surface area contributed by atoms with Gasteiger partial charge in [-0.05, 0) is 24.3 Å². The molecule has 0 unspecified atom stereocenters. The predicted molar refractivity (Wildman–Crippen MR) is 100 cm³/mol. The van der Waals surface area contributed by atoms with Crippen molar-refractivity contribution in [3.8, 4) is 17.0 Å². The number of rotatable bonds is 3. The van der Waals surface area contributed by atoms with Gasteiger partial charge in [0, 0.05) is 30.1 Å². The molecule has 0 fully saturated rings. The number of ether oxygens (including phenoxy) is 1. The zero-order valence-electron chi connectivity index (χ0n) is 14.7. The smallest absolute Gasteiger partial charge is 0.305 e. The van der Waals surface area contributed by atoms with Crippen LogP contribution in [0.15, 0.2) is 61.1 Å². The summed E-state index contributed by atoms with van der Waals surface area (Å²) in [7, 11) is 1.36. The van der Waals surface area contributed by atoms with Crippen LogP contribution in [0.25, 0.3) is 16.8 Å². The lowest BCUT2D eigenvalue weighted by molar-refractivity contribution is -0.387. The molecule has 10 heteroatoms. The van der Waals surface area contributed by atoms with Gasteiger partial charge >= 0.3 is 5.69 Å². The van der Waals surface area contributed by atoms with Crippen molar-refractivity contribution in [2.24, 2.45) is 0 Å². The highest BCUT2D eigenvalue weighted by molar-refractivity contribution is 5.77. The number of nitrogens with two attached hydrogens (primary N) is 1. The first-order valence-corrected chi connectivity index (χ1v) is 7.99. The van der Waals surface area contributed by atoms with Crippen molar-refractivity contribution in [1.82, 2.24) is 19.6 Å². The van der Waals surface area contributed by atoms with E-state index in [2.05, 4.69) is 19.8 Å². The van der Waals surface area contributed by atoms with Gasteiger partial charge in [-0.25, -0.2) is 14.5 Å². The standard InChI is InChI=1S/C11H9N5.C7H6FNO3/c12-11-13-5-4-9(15-11)8-7-14-16-6-2-1-3-10(8)16;1-12-5-2-3-7(9(10)11)6(8)4-5/h1-7H,(H2,12,13,15);2-4H,1H3. The van der Waals surface area contributed by atoms with Gasteiger partial charge in [0.15, 0.2) is 0 Å². The zero-order valence-corrected chi connectivity index (χ0v) is 14.7. The lowest BCUT2D eigenvalue weighted by Crippen LogP contribution is -1.94. The molecular formula is C18H15FN6O3. The first-order valence-electron chi connectivity index (χ1n) is 7.99. The van der Waals surface area contributed by atoms with E-state index in [9.17, 15) is 14.5 Å². The van der Waals surface area contributed by atoms with Gasteiger partial charge in [0.05, 0.1) is 29.4 Å². The van der Waals surface area contributed by atoms with Gasteiger partial charge in [0.2, 0.25) is 11.8 Å². The van der Waals surface area contributed by atoms with Crippen molar-refractivity contribution in [2.75, 3.05) is 12.8 Å². The number of nitro benzene ring substituents is 1. The van der Waals surface area contributed by atoms with E-state index < -0.39 is 16.4 Å². The summed E-state index contributed by atoms with van der Waals surface area (Å²) in [5.74, 6) is -0.356. The van der Waals surface area contributed by atoms with Gasteiger partial charge in [-0.2, -0.15) is 9.49 Å². The Balaban J connectivity index is 0.000000169. The molecular weight excluding hydrogens is 367 g/mol. The van der Waals surface area contributed by atoms with E-state index in [4.69, 9.17) is 5.73 Å². The van der Waals surface area contributed by atoms with Crippen LogP contribution >= 0.6 is 0 Å². The Bertz CT molecular complexity index is 1130. The summed E-state index contributed by atoms with van der Waals surface area (Å²) in [5, 5.41) is 14.4. The van der Waals surface area contributed by atoms with Crippen LogP contribution in [0, 0.1) is 15.9 Å². The number of nitro groups is 1. The minimum atomic E-state index is -0.889. The van der Waals surface area contributed by atoms with Crippen molar-refractivity contribution >= 4 is 17.2 Å². The van der Waals surface area contributed by atoms with Crippen molar-refractivity contribution in [1.29, 1.82) is 0 Å². The van der Waals surface area contributed by atoms with Crippen molar-refractivity contribution < 1.29 is 14.1 Å². The molecule has 3 heterocycles. The topological polar surface area (TPSA) is 121 Å². The Kier molecular flexibility index (Phi) is 5.40. The SMILES string of the molecule is COc1ccc([N+](=O)[O-])c(F)c1.Nc1nccc(-c2cnn3ccccc23)n1. The summed E-state index contributed by atoms with van der Waals surface area (Å²) in [6.07, 6.45) is 5.31. The minimum Gasteiger partial charge on any atom is -0.497 e. The number of hydrogen-bond donors (Lipinski definition) is 1. The van der Waals surface area contributed by atoms with Crippen LogP contribution < -0.4 is 10.5 Å². The largest absolute Gasteiger partial charge is 0.497 e. The molecule has 0 amide bonds. The number of halogens is 1. The fourth-order valence-electron chi connectivity index (χ4n) is 2.42. The van der Waals surface area contributed by atoms with E-state index in [-0.39, 0.29) is 11.7 Å². The van der Waals surface area contributed by atoms with E-state index in [0.717, 1.165) is 28.9 Å². The summed E-state index contributed by atoms with van der Waals surface area (Å²) in [4.78, 5) is 17.4. The van der Waals surface area contributed by atoms with Crippen LogP contribution in [-0.2, 0) is 0 Å². The van der Waals surface area contributed by atoms with Gasteiger partial charge in [0.1, 0.15) is 5.75 Å². The summed E-state index contributed by atoms with van der Waals surface area (Å²) in [6, 6.07) is 11.1. The van der Waals surface area contributed by atoms with Crippen molar-refractivity contribution in [3.05, 3.63) is 77.0 Å². The summed E-state index contributed by atoms with van der Waals surface area (Å²) in [6.45, 7) is 0. The third-order valence-electron chi connectivity index (χ3n) is 3.73. The number of fused-ring (bicyclic) bond motifs is 1. The van der Waals surface area contributed by atoms with E-state index in [1.54, 1.807) is 16.9 Å². The Morgan fingerprint density at radius 1 is 1.25 bits per heavy atom. The van der Waals surface area contributed by atoms with Crippen molar-refractivity contribution in [2.45, 2.75) is 0 Å². The van der Waals surface area contributed by atoms with Crippen LogP contribution in [0.4, 0.5) is 16.0 Å². The maximum atomic E-state index is 12.8. The molecule has 4 rings (SSSR count). The first-order chi connectivity index (χ1) is 13.5. The molecule has 3 aromatic heterocycles. The van der Waals surface area contributed by atoms with Gasteiger partial charge in [-0.15, -0.1) is 0 Å². The quantitative estimate of drug-likeness (QED) is 0.427. The second-order valence-corrected chi connectivity index (χ2v) is 5.46. The second-order valence-electron chi connectivity index (χ2n) is 5.46. The second kappa shape index (κ2) is 8.08. The zero-order chi connectivity index (χ0) is 20.1. The van der Waals surface area contributed by atoms with Crippen LogP contribution in [0.2, 0.25) is 0 Å². The lowest BCUT2D eigenvalue weighted by Gasteiger charge is -1.98. The minimum absolute atomic E-state index is 0.262. The molecule has 0 saturated heterocycles. The highest BCUT2D eigenvalue weighted by Crippen LogP contribution is 2.22. The maximum Gasteiger partial charge on any atom is 0.305 e. The Morgan fingerprint density at radius 3 is 2.75 bits per heavy atom. The molecule has 9 nitrogen and oxygen atoms in total. The summed E-state index contributed by atoms with van der Waals surface area (Å²) >= 11 is 0. The summed E-state index contributed by atoms with van der Waals surface area (Å²) in [5.41, 5.74) is 7.75. The van der Waals surface area contributed by atoms with Gasteiger partial charge < -0.3 is 10.5 Å². The average Bonchev–Trinajstić information content (AvgIpc) is 3.12. The molecule has 0 saturated carbocycles. The predicted octanol–water partition coefficient (Wildman–Crippen LogP) is 3.12. The number of hydrogen-bond acceptors (Lipinski definition) is 7. The Labute approximate surface area is 158 Å². The van der Waals surface area contributed by atoms with Crippen LogP contribution in [-0.4, -0.2) is 31.6 Å². The molecule has 0 radical (unpaired) electrons. The molecule has 0 atom stereocenters. The fraction of sp³-hybridized carbons (Fsp3) is 0.0556. The molecule has 28 heavy (non-hydrogen) atoms. The number of nitrogen functional groups attached to an aromatic ring is 1. The Morgan fingerprint density at radius 2 is 2.07 bits per heavy atom. The fourth-order valence-corrected chi connectivity index (χ4v) is 2.42. The molecule has 142 valence electrons. The highest BCUT2D eigenvalue weighted by atomic mass is 19.1. The van der Waals surface area contributed by atoms with Crippen LogP contribution in [0.3, 0.4) is 0 Å². The molecule has 0 aliphatic heterocycles. The lowest BCUT2D eigenvalue weighted by atomic mass is 10.2. The molecule has 1 aromatic carbocycles. The van der Waals surface area contributed by atoms with Crippen LogP contribution in [0.1, 0.15) is 0 Å². The van der Waals surface area contributed by atoms with Crippen molar-refractivity contribution in [3.63, 3.8) is 0 Å². The van der Waals surface area contributed by atoms with Gasteiger partial charge in [-0.1, -0.05) is 6.07 Å². The van der Waals surface area contributed by atoms with E-state index in [1.807, 2.05) is 30.5 Å².